The van der Waals surface area contributed by atoms with Gasteiger partial charge in [-0.2, -0.15) is 0 Å². The second-order valence-electron chi connectivity index (χ2n) is 4.82. The molecule has 0 saturated carbocycles. The Morgan fingerprint density at radius 1 is 1.11 bits per heavy atom. The maximum Gasteiger partial charge on any atom is 0.257 e. The molecule has 5 heteroatoms. The predicted molar refractivity (Wildman–Crippen MR) is 71.0 cm³/mol. The summed E-state index contributed by atoms with van der Waals surface area (Å²) in [6.45, 7) is 5.50. The monoisotopic (exact) mass is 262 g/mol. The van der Waals surface area contributed by atoms with E-state index in [-0.39, 0.29) is 17.6 Å². The van der Waals surface area contributed by atoms with Gasteiger partial charge in [0.2, 0.25) is 5.91 Å². The first-order valence-electron chi connectivity index (χ1n) is 6.33. The average molecular weight is 262 g/mol. The number of benzene rings is 1. The van der Waals surface area contributed by atoms with Crippen LogP contribution in [0, 0.1) is 6.92 Å². The van der Waals surface area contributed by atoms with Crippen LogP contribution in [-0.4, -0.2) is 52.9 Å². The molecule has 0 aromatic heterocycles. The third kappa shape index (κ3) is 2.86. The molecule has 1 aliphatic rings. The van der Waals surface area contributed by atoms with Crippen molar-refractivity contribution in [2.45, 2.75) is 13.8 Å². The lowest BCUT2D eigenvalue weighted by atomic mass is 10.1. The number of rotatable bonds is 1. The number of hydrogen-bond donors (Lipinski definition) is 1. The van der Waals surface area contributed by atoms with Crippen LogP contribution in [0.25, 0.3) is 0 Å². The van der Waals surface area contributed by atoms with Crippen LogP contribution >= 0.6 is 0 Å². The molecule has 102 valence electrons. The summed E-state index contributed by atoms with van der Waals surface area (Å²) in [7, 11) is 0. The number of amides is 2. The van der Waals surface area contributed by atoms with Gasteiger partial charge in [0, 0.05) is 33.1 Å². The molecule has 1 aromatic rings. The van der Waals surface area contributed by atoms with Crippen molar-refractivity contribution in [1.29, 1.82) is 0 Å². The van der Waals surface area contributed by atoms with Gasteiger partial charge in [-0.05, 0) is 24.6 Å². The third-order valence-corrected chi connectivity index (χ3v) is 3.40. The van der Waals surface area contributed by atoms with Gasteiger partial charge in [0.25, 0.3) is 5.91 Å². The number of phenolic OH excluding ortho intramolecular Hbond substituents is 1. The van der Waals surface area contributed by atoms with Crippen LogP contribution in [0.4, 0.5) is 0 Å². The number of phenols is 1. The van der Waals surface area contributed by atoms with Crippen LogP contribution in [0.3, 0.4) is 0 Å². The van der Waals surface area contributed by atoms with Gasteiger partial charge in [-0.25, -0.2) is 0 Å². The minimum Gasteiger partial charge on any atom is -0.507 e. The summed E-state index contributed by atoms with van der Waals surface area (Å²) in [5.41, 5.74) is 1.23. The lowest BCUT2D eigenvalue weighted by molar-refractivity contribution is -0.130. The van der Waals surface area contributed by atoms with Crippen molar-refractivity contribution in [2.75, 3.05) is 26.2 Å². The molecule has 1 aromatic carbocycles. The van der Waals surface area contributed by atoms with Crippen molar-refractivity contribution in [3.63, 3.8) is 0 Å². The Hall–Kier alpha value is -2.04. The zero-order valence-corrected chi connectivity index (χ0v) is 11.2. The summed E-state index contributed by atoms with van der Waals surface area (Å²) < 4.78 is 0. The number of hydrogen-bond acceptors (Lipinski definition) is 3. The normalized spacial score (nSPS) is 15.5. The number of nitrogens with zero attached hydrogens (tertiary/aromatic N) is 2. The highest BCUT2D eigenvalue weighted by Gasteiger charge is 2.24. The van der Waals surface area contributed by atoms with E-state index in [4.69, 9.17) is 0 Å². The lowest BCUT2D eigenvalue weighted by Crippen LogP contribution is -2.50. The molecule has 0 aliphatic carbocycles. The summed E-state index contributed by atoms with van der Waals surface area (Å²) >= 11 is 0. The minimum absolute atomic E-state index is 0.0130. The van der Waals surface area contributed by atoms with Crippen molar-refractivity contribution in [3.8, 4) is 5.75 Å². The van der Waals surface area contributed by atoms with Gasteiger partial charge in [0.1, 0.15) is 5.75 Å². The van der Waals surface area contributed by atoms with E-state index < -0.39 is 0 Å². The molecule has 5 nitrogen and oxygen atoms in total. The van der Waals surface area contributed by atoms with Crippen LogP contribution in [-0.2, 0) is 4.79 Å². The summed E-state index contributed by atoms with van der Waals surface area (Å²) in [4.78, 5) is 26.9. The molecular formula is C14H18N2O3. The Balaban J connectivity index is 2.07. The SMILES string of the molecule is CC(=O)N1CCN(C(=O)c2ccc(C)cc2O)CC1. The zero-order valence-electron chi connectivity index (χ0n) is 11.2. The van der Waals surface area contributed by atoms with Gasteiger partial charge in [0.05, 0.1) is 5.56 Å². The number of piperazine rings is 1. The fourth-order valence-electron chi connectivity index (χ4n) is 2.22. The molecule has 0 atom stereocenters. The smallest absolute Gasteiger partial charge is 0.257 e. The van der Waals surface area contributed by atoms with E-state index >= 15 is 0 Å². The first-order valence-corrected chi connectivity index (χ1v) is 6.33. The van der Waals surface area contributed by atoms with Gasteiger partial charge >= 0.3 is 0 Å². The molecule has 19 heavy (non-hydrogen) atoms. The molecule has 0 bridgehead atoms. The number of carbonyl (C=O) groups is 2. The first kappa shape index (κ1) is 13.4. The third-order valence-electron chi connectivity index (χ3n) is 3.40. The largest absolute Gasteiger partial charge is 0.507 e. The van der Waals surface area contributed by atoms with Crippen LogP contribution in [0.15, 0.2) is 18.2 Å². The van der Waals surface area contributed by atoms with Gasteiger partial charge in [-0.3, -0.25) is 9.59 Å². The zero-order chi connectivity index (χ0) is 14.0. The molecule has 1 aliphatic heterocycles. The molecule has 2 amide bonds. The van der Waals surface area contributed by atoms with E-state index in [2.05, 4.69) is 0 Å². The summed E-state index contributed by atoms with van der Waals surface area (Å²) in [5, 5.41) is 9.82. The Morgan fingerprint density at radius 3 is 2.21 bits per heavy atom. The van der Waals surface area contributed by atoms with Crippen molar-refractivity contribution >= 4 is 11.8 Å². The van der Waals surface area contributed by atoms with Crippen LogP contribution in [0.2, 0.25) is 0 Å². The summed E-state index contributed by atoms with van der Waals surface area (Å²) in [6, 6.07) is 5.03. The Kier molecular flexibility index (Phi) is 3.74. The van der Waals surface area contributed by atoms with Crippen molar-refractivity contribution < 1.29 is 14.7 Å². The molecule has 1 heterocycles. The van der Waals surface area contributed by atoms with E-state index in [0.717, 1.165) is 5.56 Å². The highest BCUT2D eigenvalue weighted by molar-refractivity contribution is 5.97. The van der Waals surface area contributed by atoms with Gasteiger partial charge in [-0.15, -0.1) is 0 Å². The second-order valence-corrected chi connectivity index (χ2v) is 4.82. The molecule has 1 fully saturated rings. The number of aryl methyl sites for hydroxylation is 1. The van der Waals surface area contributed by atoms with Crippen LogP contribution in [0.5, 0.6) is 5.75 Å². The van der Waals surface area contributed by atoms with E-state index in [1.165, 1.54) is 6.92 Å². The van der Waals surface area contributed by atoms with Crippen molar-refractivity contribution in [3.05, 3.63) is 29.3 Å². The highest BCUT2D eigenvalue weighted by Crippen LogP contribution is 2.20. The van der Waals surface area contributed by atoms with Crippen molar-refractivity contribution in [1.82, 2.24) is 9.80 Å². The summed E-state index contributed by atoms with van der Waals surface area (Å²) in [6.07, 6.45) is 0. The van der Waals surface area contributed by atoms with Crippen LogP contribution < -0.4 is 0 Å². The molecule has 0 radical (unpaired) electrons. The van der Waals surface area contributed by atoms with Gasteiger partial charge < -0.3 is 14.9 Å². The maximum atomic E-state index is 12.3. The first-order chi connectivity index (χ1) is 8.99. The Bertz CT molecular complexity index is 505. The van der Waals surface area contributed by atoms with E-state index in [1.54, 1.807) is 28.0 Å². The molecular weight excluding hydrogens is 244 g/mol. The Morgan fingerprint density at radius 2 is 1.68 bits per heavy atom. The predicted octanol–water partition coefficient (Wildman–Crippen LogP) is 1.00. The molecule has 0 unspecified atom stereocenters. The van der Waals surface area contributed by atoms with Gasteiger partial charge in [-0.1, -0.05) is 6.07 Å². The molecule has 1 saturated heterocycles. The molecule has 0 spiro atoms. The molecule has 1 N–H and O–H groups in total. The number of carbonyl (C=O) groups excluding carboxylic acids is 2. The van der Waals surface area contributed by atoms with Crippen molar-refractivity contribution in [2.24, 2.45) is 0 Å². The van der Waals surface area contributed by atoms with E-state index in [9.17, 15) is 14.7 Å². The fraction of sp³-hybridized carbons (Fsp3) is 0.429. The van der Waals surface area contributed by atoms with E-state index in [1.807, 2.05) is 6.92 Å². The Labute approximate surface area is 112 Å². The van der Waals surface area contributed by atoms with E-state index in [0.29, 0.717) is 31.7 Å². The minimum atomic E-state index is -0.180. The average Bonchev–Trinajstić information content (AvgIpc) is 2.38. The fourth-order valence-corrected chi connectivity index (χ4v) is 2.22. The topological polar surface area (TPSA) is 60.9 Å². The number of aromatic hydroxyl groups is 1. The van der Waals surface area contributed by atoms with Gasteiger partial charge in [0.15, 0.2) is 0 Å². The highest BCUT2D eigenvalue weighted by atomic mass is 16.3. The quantitative estimate of drug-likeness (QED) is 0.821. The second kappa shape index (κ2) is 5.30. The summed E-state index contributed by atoms with van der Waals surface area (Å²) in [5.74, 6) is -0.134. The standard InChI is InChI=1S/C14H18N2O3/c1-10-3-4-12(13(18)9-10)14(19)16-7-5-15(6-8-16)11(2)17/h3-4,9,18H,5-8H2,1-2H3. The maximum absolute atomic E-state index is 12.3. The van der Waals surface area contributed by atoms with Crippen LogP contribution in [0.1, 0.15) is 22.8 Å². The molecule has 2 rings (SSSR count). The lowest BCUT2D eigenvalue weighted by Gasteiger charge is -2.34.